The SMILES string of the molecule is CCN(CCC#N)c1cccc(F)c1C(C)N. The summed E-state index contributed by atoms with van der Waals surface area (Å²) in [6.45, 7) is 5.06. The van der Waals surface area contributed by atoms with Crippen LogP contribution in [0.1, 0.15) is 31.9 Å². The van der Waals surface area contributed by atoms with Crippen LogP contribution in [-0.4, -0.2) is 13.1 Å². The van der Waals surface area contributed by atoms with Crippen LogP contribution >= 0.6 is 0 Å². The van der Waals surface area contributed by atoms with Crippen molar-refractivity contribution in [3.63, 3.8) is 0 Å². The molecule has 17 heavy (non-hydrogen) atoms. The fourth-order valence-corrected chi connectivity index (χ4v) is 1.89. The molecule has 0 aliphatic rings. The van der Waals surface area contributed by atoms with Crippen molar-refractivity contribution in [3.8, 4) is 6.07 Å². The van der Waals surface area contributed by atoms with Gasteiger partial charge in [0.05, 0.1) is 12.5 Å². The molecule has 1 aromatic carbocycles. The molecule has 0 heterocycles. The van der Waals surface area contributed by atoms with Gasteiger partial charge in [0.25, 0.3) is 0 Å². The van der Waals surface area contributed by atoms with Crippen LogP contribution in [0.3, 0.4) is 0 Å². The number of nitrogens with two attached hydrogens (primary N) is 1. The number of nitriles is 1. The molecule has 0 spiro atoms. The van der Waals surface area contributed by atoms with E-state index in [1.807, 2.05) is 17.9 Å². The van der Waals surface area contributed by atoms with Crippen LogP contribution < -0.4 is 10.6 Å². The number of hydrogen-bond acceptors (Lipinski definition) is 3. The molecule has 0 radical (unpaired) electrons. The number of benzene rings is 1. The minimum Gasteiger partial charge on any atom is -0.370 e. The van der Waals surface area contributed by atoms with Crippen molar-refractivity contribution in [1.29, 1.82) is 5.26 Å². The van der Waals surface area contributed by atoms with E-state index >= 15 is 0 Å². The Balaban J connectivity index is 3.10. The summed E-state index contributed by atoms with van der Waals surface area (Å²) in [4.78, 5) is 1.98. The lowest BCUT2D eigenvalue weighted by Gasteiger charge is -2.26. The molecule has 3 nitrogen and oxygen atoms in total. The van der Waals surface area contributed by atoms with E-state index in [1.54, 1.807) is 13.0 Å². The van der Waals surface area contributed by atoms with Crippen molar-refractivity contribution in [3.05, 3.63) is 29.6 Å². The minimum absolute atomic E-state index is 0.284. The summed E-state index contributed by atoms with van der Waals surface area (Å²) < 4.78 is 13.7. The van der Waals surface area contributed by atoms with Crippen molar-refractivity contribution in [1.82, 2.24) is 0 Å². The van der Waals surface area contributed by atoms with Gasteiger partial charge < -0.3 is 10.6 Å². The zero-order chi connectivity index (χ0) is 12.8. The molecule has 0 amide bonds. The largest absolute Gasteiger partial charge is 0.370 e. The van der Waals surface area contributed by atoms with Gasteiger partial charge in [-0.2, -0.15) is 5.26 Å². The third-order valence-corrected chi connectivity index (χ3v) is 2.70. The topological polar surface area (TPSA) is 53.0 Å². The fourth-order valence-electron chi connectivity index (χ4n) is 1.89. The van der Waals surface area contributed by atoms with E-state index in [0.717, 1.165) is 12.2 Å². The predicted molar refractivity (Wildman–Crippen MR) is 67.1 cm³/mol. The Morgan fingerprint density at radius 3 is 2.76 bits per heavy atom. The molecular weight excluding hydrogens is 217 g/mol. The van der Waals surface area contributed by atoms with Crippen LogP contribution in [0.4, 0.5) is 10.1 Å². The van der Waals surface area contributed by atoms with Crippen LogP contribution in [0.25, 0.3) is 0 Å². The maximum Gasteiger partial charge on any atom is 0.130 e. The van der Waals surface area contributed by atoms with Gasteiger partial charge in [-0.25, -0.2) is 4.39 Å². The third kappa shape index (κ3) is 3.18. The van der Waals surface area contributed by atoms with Gasteiger partial charge in [0.15, 0.2) is 0 Å². The van der Waals surface area contributed by atoms with Gasteiger partial charge in [-0.3, -0.25) is 0 Å². The molecule has 0 saturated heterocycles. The average molecular weight is 235 g/mol. The molecule has 4 heteroatoms. The summed E-state index contributed by atoms with van der Waals surface area (Å²) in [5.74, 6) is -0.284. The molecule has 0 bridgehead atoms. The summed E-state index contributed by atoms with van der Waals surface area (Å²) >= 11 is 0. The Kier molecular flexibility index (Phi) is 4.92. The standard InChI is InChI=1S/C13H18FN3/c1-3-17(9-5-8-15)12-7-4-6-11(14)13(12)10(2)16/h4,6-7,10H,3,5,9,16H2,1-2H3. The Bertz CT molecular complexity index is 410. The van der Waals surface area contributed by atoms with E-state index in [0.29, 0.717) is 18.5 Å². The van der Waals surface area contributed by atoms with Crippen LogP contribution in [0.15, 0.2) is 18.2 Å². The highest BCUT2D eigenvalue weighted by atomic mass is 19.1. The first-order chi connectivity index (χ1) is 8.11. The summed E-state index contributed by atoms with van der Waals surface area (Å²) in [5.41, 5.74) is 7.12. The number of halogens is 1. The van der Waals surface area contributed by atoms with Gasteiger partial charge in [-0.1, -0.05) is 6.07 Å². The van der Waals surface area contributed by atoms with E-state index in [4.69, 9.17) is 11.0 Å². The molecule has 92 valence electrons. The zero-order valence-corrected chi connectivity index (χ0v) is 10.3. The number of nitrogens with zero attached hydrogens (tertiary/aromatic N) is 2. The Hall–Kier alpha value is -1.60. The highest BCUT2D eigenvalue weighted by Crippen LogP contribution is 2.27. The lowest BCUT2D eigenvalue weighted by Crippen LogP contribution is -2.26. The molecule has 0 aliphatic carbocycles. The molecule has 1 aromatic rings. The van der Waals surface area contributed by atoms with Crippen LogP contribution in [0.2, 0.25) is 0 Å². The molecule has 2 N–H and O–H groups in total. The second-order valence-electron chi connectivity index (χ2n) is 3.95. The first-order valence-corrected chi connectivity index (χ1v) is 5.77. The fraction of sp³-hybridized carbons (Fsp3) is 0.462. The van der Waals surface area contributed by atoms with Crippen LogP contribution in [0.5, 0.6) is 0 Å². The van der Waals surface area contributed by atoms with Gasteiger partial charge in [-0.15, -0.1) is 0 Å². The van der Waals surface area contributed by atoms with Gasteiger partial charge in [0.1, 0.15) is 5.82 Å². The van der Waals surface area contributed by atoms with Crippen LogP contribution in [0, 0.1) is 17.1 Å². The van der Waals surface area contributed by atoms with Crippen molar-refractivity contribution < 1.29 is 4.39 Å². The minimum atomic E-state index is -0.359. The highest BCUT2D eigenvalue weighted by Gasteiger charge is 2.16. The summed E-state index contributed by atoms with van der Waals surface area (Å²) in [6.07, 6.45) is 0.419. The van der Waals surface area contributed by atoms with Gasteiger partial charge in [0, 0.05) is 30.4 Å². The second kappa shape index (κ2) is 6.21. The molecule has 0 aliphatic heterocycles. The maximum absolute atomic E-state index is 13.7. The Labute approximate surface area is 102 Å². The van der Waals surface area contributed by atoms with Gasteiger partial charge in [-0.05, 0) is 26.0 Å². The second-order valence-corrected chi connectivity index (χ2v) is 3.95. The number of hydrogen-bond donors (Lipinski definition) is 1. The predicted octanol–water partition coefficient (Wildman–Crippen LogP) is 2.59. The third-order valence-electron chi connectivity index (χ3n) is 2.70. The Morgan fingerprint density at radius 2 is 2.24 bits per heavy atom. The molecular formula is C13H18FN3. The van der Waals surface area contributed by atoms with Crippen molar-refractivity contribution in [2.24, 2.45) is 5.73 Å². The molecule has 0 fully saturated rings. The normalized spacial score (nSPS) is 11.9. The first-order valence-electron chi connectivity index (χ1n) is 5.77. The van der Waals surface area contributed by atoms with E-state index in [9.17, 15) is 4.39 Å². The highest BCUT2D eigenvalue weighted by molar-refractivity contribution is 5.55. The zero-order valence-electron chi connectivity index (χ0n) is 10.3. The van der Waals surface area contributed by atoms with E-state index in [1.165, 1.54) is 6.07 Å². The van der Waals surface area contributed by atoms with Crippen molar-refractivity contribution in [2.45, 2.75) is 26.3 Å². The van der Waals surface area contributed by atoms with E-state index in [2.05, 4.69) is 6.07 Å². The number of anilines is 1. The molecule has 1 rings (SSSR count). The van der Waals surface area contributed by atoms with Gasteiger partial charge in [0.2, 0.25) is 0 Å². The lowest BCUT2D eigenvalue weighted by molar-refractivity contribution is 0.591. The maximum atomic E-state index is 13.7. The van der Waals surface area contributed by atoms with E-state index in [-0.39, 0.29) is 11.9 Å². The summed E-state index contributed by atoms with van der Waals surface area (Å²) in [7, 11) is 0. The molecule has 0 saturated carbocycles. The molecule has 1 atom stereocenters. The molecule has 1 unspecified atom stereocenters. The van der Waals surface area contributed by atoms with Crippen LogP contribution in [-0.2, 0) is 0 Å². The van der Waals surface area contributed by atoms with Crippen molar-refractivity contribution >= 4 is 5.69 Å². The summed E-state index contributed by atoms with van der Waals surface area (Å²) in [5, 5.41) is 8.62. The lowest BCUT2D eigenvalue weighted by atomic mass is 10.0. The average Bonchev–Trinajstić information content (AvgIpc) is 2.29. The Morgan fingerprint density at radius 1 is 1.53 bits per heavy atom. The van der Waals surface area contributed by atoms with E-state index < -0.39 is 0 Å². The first kappa shape index (κ1) is 13.5. The summed E-state index contributed by atoms with van der Waals surface area (Å²) in [6, 6.07) is 6.68. The van der Waals surface area contributed by atoms with Gasteiger partial charge >= 0.3 is 0 Å². The molecule has 0 aromatic heterocycles. The monoisotopic (exact) mass is 235 g/mol. The number of rotatable bonds is 5. The quantitative estimate of drug-likeness (QED) is 0.853. The van der Waals surface area contributed by atoms with Crippen molar-refractivity contribution in [2.75, 3.05) is 18.0 Å². The smallest absolute Gasteiger partial charge is 0.130 e.